The third-order valence-corrected chi connectivity index (χ3v) is 2.97. The molecule has 0 aliphatic carbocycles. The molecular formula is C16H17FN2O2. The van der Waals surface area contributed by atoms with Gasteiger partial charge < -0.3 is 15.8 Å². The number of nitrogen functional groups attached to an aromatic ring is 1. The van der Waals surface area contributed by atoms with Crippen LogP contribution < -0.4 is 11.1 Å². The summed E-state index contributed by atoms with van der Waals surface area (Å²) in [6.07, 6.45) is 0. The van der Waals surface area contributed by atoms with Crippen LogP contribution in [-0.4, -0.2) is 12.6 Å². The van der Waals surface area contributed by atoms with E-state index in [0.717, 1.165) is 17.3 Å². The van der Waals surface area contributed by atoms with Gasteiger partial charge in [-0.25, -0.2) is 9.18 Å². The predicted octanol–water partition coefficient (Wildman–Crippen LogP) is 3.64. The summed E-state index contributed by atoms with van der Waals surface area (Å²) in [4.78, 5) is 11.8. The summed E-state index contributed by atoms with van der Waals surface area (Å²) >= 11 is 0. The second-order valence-corrected chi connectivity index (χ2v) is 4.63. The fourth-order valence-electron chi connectivity index (χ4n) is 1.86. The van der Waals surface area contributed by atoms with Crippen molar-refractivity contribution in [3.8, 4) is 0 Å². The Balaban J connectivity index is 2.32. The summed E-state index contributed by atoms with van der Waals surface area (Å²) in [5.74, 6) is -1.09. The number of halogens is 1. The molecule has 2 aromatic carbocycles. The maximum atomic E-state index is 14.0. The average molecular weight is 288 g/mol. The van der Waals surface area contributed by atoms with E-state index in [9.17, 15) is 9.18 Å². The Hall–Kier alpha value is -2.56. The van der Waals surface area contributed by atoms with Crippen LogP contribution in [0.25, 0.3) is 0 Å². The van der Waals surface area contributed by atoms with Crippen LogP contribution in [-0.2, 0) is 4.74 Å². The van der Waals surface area contributed by atoms with E-state index in [0.29, 0.717) is 0 Å². The summed E-state index contributed by atoms with van der Waals surface area (Å²) in [6, 6.07) is 9.95. The molecule has 0 amide bonds. The van der Waals surface area contributed by atoms with E-state index in [2.05, 4.69) is 5.32 Å². The zero-order valence-corrected chi connectivity index (χ0v) is 11.9. The molecule has 110 valence electrons. The van der Waals surface area contributed by atoms with Crippen molar-refractivity contribution in [3.05, 3.63) is 53.3 Å². The highest BCUT2D eigenvalue weighted by atomic mass is 19.1. The minimum Gasteiger partial charge on any atom is -0.462 e. The van der Waals surface area contributed by atoms with Crippen LogP contribution in [0.1, 0.15) is 22.8 Å². The van der Waals surface area contributed by atoms with Crippen LogP contribution in [0.5, 0.6) is 0 Å². The third-order valence-electron chi connectivity index (χ3n) is 2.97. The number of rotatable bonds is 4. The quantitative estimate of drug-likeness (QED) is 0.666. The molecule has 2 aromatic rings. The van der Waals surface area contributed by atoms with Crippen LogP contribution in [0.15, 0.2) is 36.4 Å². The Kier molecular flexibility index (Phi) is 4.42. The van der Waals surface area contributed by atoms with Crippen molar-refractivity contribution < 1.29 is 13.9 Å². The van der Waals surface area contributed by atoms with Gasteiger partial charge in [-0.2, -0.15) is 0 Å². The van der Waals surface area contributed by atoms with Gasteiger partial charge in [0.15, 0.2) is 0 Å². The van der Waals surface area contributed by atoms with Crippen LogP contribution in [0, 0.1) is 12.7 Å². The van der Waals surface area contributed by atoms with Gasteiger partial charge >= 0.3 is 5.97 Å². The molecular weight excluding hydrogens is 271 g/mol. The van der Waals surface area contributed by atoms with Gasteiger partial charge in [-0.3, -0.25) is 0 Å². The molecule has 5 heteroatoms. The predicted molar refractivity (Wildman–Crippen MR) is 81.2 cm³/mol. The van der Waals surface area contributed by atoms with E-state index in [1.807, 2.05) is 31.2 Å². The smallest absolute Gasteiger partial charge is 0.340 e. The van der Waals surface area contributed by atoms with Gasteiger partial charge in [0.25, 0.3) is 0 Å². The first kappa shape index (κ1) is 14.8. The first-order valence-corrected chi connectivity index (χ1v) is 6.61. The van der Waals surface area contributed by atoms with E-state index < -0.39 is 11.8 Å². The molecule has 0 aliphatic heterocycles. The molecule has 0 bridgehead atoms. The van der Waals surface area contributed by atoms with E-state index in [1.54, 1.807) is 6.92 Å². The molecule has 2 rings (SSSR count). The lowest BCUT2D eigenvalue weighted by atomic mass is 10.1. The maximum Gasteiger partial charge on any atom is 0.340 e. The highest BCUT2D eigenvalue weighted by molar-refractivity contribution is 5.96. The number of hydrogen-bond donors (Lipinski definition) is 2. The standard InChI is InChI=1S/C16H17FN2O2/c1-3-21-16(20)12-8-15(13(17)9-14(12)18)19-11-6-4-10(2)5-7-11/h4-9,19H,3,18H2,1-2H3. The lowest BCUT2D eigenvalue weighted by Gasteiger charge is -2.12. The number of nitrogens with one attached hydrogen (secondary N) is 1. The number of benzene rings is 2. The molecule has 0 aliphatic rings. The lowest BCUT2D eigenvalue weighted by Crippen LogP contribution is -2.09. The first-order chi connectivity index (χ1) is 10.0. The average Bonchev–Trinajstić information content (AvgIpc) is 2.44. The van der Waals surface area contributed by atoms with E-state index in [4.69, 9.17) is 10.5 Å². The summed E-state index contributed by atoms with van der Waals surface area (Å²) < 4.78 is 18.9. The monoisotopic (exact) mass is 288 g/mol. The number of ether oxygens (including phenoxy) is 1. The highest BCUT2D eigenvalue weighted by Crippen LogP contribution is 2.26. The third kappa shape index (κ3) is 3.51. The summed E-state index contributed by atoms with van der Waals surface area (Å²) in [5.41, 5.74) is 7.87. The van der Waals surface area contributed by atoms with Gasteiger partial charge in [0.2, 0.25) is 0 Å². The second kappa shape index (κ2) is 6.26. The van der Waals surface area contributed by atoms with Crippen molar-refractivity contribution in [2.24, 2.45) is 0 Å². The Morgan fingerprint density at radius 2 is 1.95 bits per heavy atom. The van der Waals surface area contributed by atoms with Crippen LogP contribution in [0.4, 0.5) is 21.5 Å². The van der Waals surface area contributed by atoms with E-state index >= 15 is 0 Å². The zero-order chi connectivity index (χ0) is 15.4. The van der Waals surface area contributed by atoms with Crippen molar-refractivity contribution in [1.29, 1.82) is 0 Å². The second-order valence-electron chi connectivity index (χ2n) is 4.63. The van der Waals surface area contributed by atoms with Crippen molar-refractivity contribution >= 4 is 23.0 Å². The molecule has 0 heterocycles. The highest BCUT2D eigenvalue weighted by Gasteiger charge is 2.15. The molecule has 21 heavy (non-hydrogen) atoms. The Morgan fingerprint density at radius 3 is 2.57 bits per heavy atom. The van der Waals surface area contributed by atoms with Crippen molar-refractivity contribution in [2.75, 3.05) is 17.7 Å². The minimum atomic E-state index is -0.568. The zero-order valence-electron chi connectivity index (χ0n) is 11.9. The molecule has 4 nitrogen and oxygen atoms in total. The van der Waals surface area contributed by atoms with Crippen molar-refractivity contribution in [2.45, 2.75) is 13.8 Å². The normalized spacial score (nSPS) is 10.2. The van der Waals surface area contributed by atoms with Gasteiger partial charge in [0.05, 0.1) is 17.9 Å². The van der Waals surface area contributed by atoms with Crippen LogP contribution in [0.2, 0.25) is 0 Å². The van der Waals surface area contributed by atoms with E-state index in [1.165, 1.54) is 6.07 Å². The maximum absolute atomic E-state index is 14.0. The topological polar surface area (TPSA) is 64.3 Å². The Labute approximate surface area is 122 Å². The first-order valence-electron chi connectivity index (χ1n) is 6.61. The van der Waals surface area contributed by atoms with Gasteiger partial charge in [0, 0.05) is 11.4 Å². The van der Waals surface area contributed by atoms with Gasteiger partial charge in [0.1, 0.15) is 5.82 Å². The number of carbonyl (C=O) groups is 1. The number of hydrogen-bond acceptors (Lipinski definition) is 4. The SMILES string of the molecule is CCOC(=O)c1cc(Nc2ccc(C)cc2)c(F)cc1N. The number of aryl methyl sites for hydroxylation is 1. The molecule has 0 radical (unpaired) electrons. The summed E-state index contributed by atoms with van der Waals surface area (Å²) in [5, 5.41) is 2.93. The number of nitrogens with two attached hydrogens (primary N) is 1. The Morgan fingerprint density at radius 1 is 1.29 bits per heavy atom. The fourth-order valence-corrected chi connectivity index (χ4v) is 1.86. The van der Waals surface area contributed by atoms with Crippen molar-refractivity contribution in [1.82, 2.24) is 0 Å². The summed E-state index contributed by atoms with van der Waals surface area (Å²) in [7, 11) is 0. The van der Waals surface area contributed by atoms with Gasteiger partial charge in [-0.05, 0) is 38.1 Å². The fraction of sp³-hybridized carbons (Fsp3) is 0.188. The van der Waals surface area contributed by atoms with Gasteiger partial charge in [-0.1, -0.05) is 17.7 Å². The van der Waals surface area contributed by atoms with Crippen molar-refractivity contribution in [3.63, 3.8) is 0 Å². The number of carbonyl (C=O) groups excluding carboxylic acids is 1. The van der Waals surface area contributed by atoms with E-state index in [-0.39, 0.29) is 23.5 Å². The molecule has 0 saturated heterocycles. The molecule has 0 fully saturated rings. The number of esters is 1. The lowest BCUT2D eigenvalue weighted by molar-refractivity contribution is 0.0527. The molecule has 0 spiro atoms. The molecule has 0 atom stereocenters. The minimum absolute atomic E-state index is 0.0559. The molecule has 0 saturated carbocycles. The molecule has 0 unspecified atom stereocenters. The van der Waals surface area contributed by atoms with Crippen LogP contribution in [0.3, 0.4) is 0 Å². The summed E-state index contributed by atoms with van der Waals surface area (Å²) in [6.45, 7) is 3.89. The van der Waals surface area contributed by atoms with Gasteiger partial charge in [-0.15, -0.1) is 0 Å². The largest absolute Gasteiger partial charge is 0.462 e. The molecule has 3 N–H and O–H groups in total. The number of anilines is 3. The Bertz CT molecular complexity index is 654. The molecule has 0 aromatic heterocycles. The van der Waals surface area contributed by atoms with Crippen LogP contribution >= 0.6 is 0 Å².